The van der Waals surface area contributed by atoms with Gasteiger partial charge in [-0.3, -0.25) is 9.80 Å². The number of carbonyl (C=O) groups excluding carboxylic acids is 3. The first-order valence-electron chi connectivity index (χ1n) is 17.5. The normalized spacial score (nSPS) is 15.3. The number of aryl methyl sites for hydroxylation is 1. The predicted octanol–water partition coefficient (Wildman–Crippen LogP) is 7.18. The third-order valence-electron chi connectivity index (χ3n) is 7.89. The standard InChI is InChI=1S/C37H48Cl2N6O8S/c1-24-15-16-25-12-10-14-29(32(25)42-24)51-22-26-27(38)17-18-30(31(26)39)54(49,50)45-21-11-13-28(45)33(46)40-19-8-9-20-44(43-35(48)53-37(5,6)7)23-41-34(47)52-36(2,3)4/h10,12,14-18,23,28H,8-9,11,13,19-22H2,1-7H3,(H,40,46)(H,43,48)/t28-/m0/s1. The number of halogens is 2. The van der Waals surface area contributed by atoms with Crippen molar-refractivity contribution in [3.8, 4) is 5.75 Å². The molecule has 14 nitrogen and oxygen atoms in total. The lowest BCUT2D eigenvalue weighted by Gasteiger charge is -2.25. The van der Waals surface area contributed by atoms with E-state index in [0.29, 0.717) is 36.9 Å². The van der Waals surface area contributed by atoms with Crippen LogP contribution in [0.5, 0.6) is 5.75 Å². The maximum atomic E-state index is 14.0. The smallest absolute Gasteiger partial charge is 0.435 e. The van der Waals surface area contributed by atoms with Gasteiger partial charge in [-0.2, -0.15) is 9.30 Å². The molecule has 4 rings (SSSR count). The van der Waals surface area contributed by atoms with Gasteiger partial charge >= 0.3 is 12.2 Å². The second kappa shape index (κ2) is 18.0. The van der Waals surface area contributed by atoms with Crippen LogP contribution < -0.4 is 15.5 Å². The molecule has 2 heterocycles. The van der Waals surface area contributed by atoms with Crippen LogP contribution in [0.1, 0.15) is 78.5 Å². The molecule has 0 saturated carbocycles. The molecule has 1 atom stereocenters. The van der Waals surface area contributed by atoms with Gasteiger partial charge in [0.05, 0.1) is 5.02 Å². The van der Waals surface area contributed by atoms with Crippen LogP contribution in [0.3, 0.4) is 0 Å². The summed E-state index contributed by atoms with van der Waals surface area (Å²) in [4.78, 5) is 46.0. The molecule has 1 saturated heterocycles. The SMILES string of the molecule is Cc1ccc2cccc(OCc3c(Cl)ccc(S(=O)(=O)N4CCC[C@H]4C(=O)NCCCCN(C=NC(=O)OC(C)(C)C)NC(=O)OC(C)(C)C)c3Cl)c2n1. The predicted molar refractivity (Wildman–Crippen MR) is 207 cm³/mol. The topological polar surface area (TPSA) is 169 Å². The molecule has 0 aliphatic carbocycles. The van der Waals surface area contributed by atoms with Crippen LogP contribution in [-0.4, -0.2) is 84.0 Å². The summed E-state index contributed by atoms with van der Waals surface area (Å²) in [6.45, 7) is 12.6. The average Bonchev–Trinajstić information content (AvgIpc) is 3.57. The number of para-hydroxylation sites is 1. The Morgan fingerprint density at radius 1 is 1.02 bits per heavy atom. The Hall–Kier alpha value is -4.18. The highest BCUT2D eigenvalue weighted by atomic mass is 35.5. The molecule has 3 amide bonds. The lowest BCUT2D eigenvalue weighted by atomic mass is 10.2. The molecule has 0 radical (unpaired) electrons. The number of aromatic nitrogens is 1. The molecule has 1 aromatic heterocycles. The summed E-state index contributed by atoms with van der Waals surface area (Å²) in [5.41, 5.74) is 2.78. The summed E-state index contributed by atoms with van der Waals surface area (Å²) >= 11 is 13.2. The van der Waals surface area contributed by atoms with E-state index in [9.17, 15) is 22.8 Å². The quantitative estimate of drug-likeness (QED) is 0.0781. The number of unbranched alkanes of at least 4 members (excludes halogenated alkanes) is 1. The zero-order valence-electron chi connectivity index (χ0n) is 31.6. The number of nitrogens with one attached hydrogen (secondary N) is 2. The fraction of sp³-hybridized carbons (Fsp3) is 0.486. The van der Waals surface area contributed by atoms with Gasteiger partial charge in [0.15, 0.2) is 0 Å². The van der Waals surface area contributed by atoms with Crippen molar-refractivity contribution in [3.63, 3.8) is 0 Å². The molecule has 1 aliphatic rings. The molecular formula is C37H48Cl2N6O8S. The summed E-state index contributed by atoms with van der Waals surface area (Å²) in [7, 11) is -4.22. The highest BCUT2D eigenvalue weighted by Crippen LogP contribution is 2.36. The van der Waals surface area contributed by atoms with Crippen molar-refractivity contribution >= 4 is 68.6 Å². The van der Waals surface area contributed by atoms with Crippen molar-refractivity contribution in [2.45, 2.75) is 103 Å². The number of fused-ring (bicyclic) bond motifs is 1. The highest BCUT2D eigenvalue weighted by molar-refractivity contribution is 7.89. The van der Waals surface area contributed by atoms with E-state index in [-0.39, 0.29) is 46.7 Å². The molecular weight excluding hydrogens is 759 g/mol. The molecule has 54 heavy (non-hydrogen) atoms. The van der Waals surface area contributed by atoms with Gasteiger partial charge < -0.3 is 19.5 Å². The number of benzene rings is 2. The van der Waals surface area contributed by atoms with Crippen molar-refractivity contribution in [2.75, 3.05) is 19.6 Å². The Kier molecular flexibility index (Phi) is 14.2. The van der Waals surface area contributed by atoms with Crippen molar-refractivity contribution in [2.24, 2.45) is 4.99 Å². The summed E-state index contributed by atoms with van der Waals surface area (Å²) in [5, 5.41) is 5.15. The number of rotatable bonds is 13. The number of carbonyl (C=O) groups is 3. The van der Waals surface area contributed by atoms with Crippen LogP contribution in [0.15, 0.2) is 52.4 Å². The van der Waals surface area contributed by atoms with Crippen LogP contribution >= 0.6 is 23.2 Å². The van der Waals surface area contributed by atoms with Gasteiger partial charge in [0.25, 0.3) is 0 Å². The minimum atomic E-state index is -4.22. The molecule has 0 bridgehead atoms. The molecule has 3 aromatic rings. The molecule has 17 heteroatoms. The fourth-order valence-corrected chi connectivity index (χ4v) is 8.03. The van der Waals surface area contributed by atoms with Crippen LogP contribution in [-0.2, 0) is 30.9 Å². The Morgan fingerprint density at radius 3 is 2.44 bits per heavy atom. The molecule has 2 N–H and O–H groups in total. The van der Waals surface area contributed by atoms with E-state index in [4.69, 9.17) is 37.4 Å². The van der Waals surface area contributed by atoms with Gasteiger partial charge in [-0.15, -0.1) is 0 Å². The lowest BCUT2D eigenvalue weighted by molar-refractivity contribution is -0.124. The van der Waals surface area contributed by atoms with Gasteiger partial charge in [0, 0.05) is 41.3 Å². The number of hydrogen-bond acceptors (Lipinski definition) is 9. The minimum Gasteiger partial charge on any atom is -0.487 e. The Morgan fingerprint density at radius 2 is 1.74 bits per heavy atom. The van der Waals surface area contributed by atoms with Gasteiger partial charge in [-0.1, -0.05) is 41.4 Å². The lowest BCUT2D eigenvalue weighted by Crippen LogP contribution is -2.46. The minimum absolute atomic E-state index is 0.0855. The van der Waals surface area contributed by atoms with Crippen molar-refractivity contribution in [1.29, 1.82) is 0 Å². The molecule has 294 valence electrons. The van der Waals surface area contributed by atoms with E-state index < -0.39 is 45.4 Å². The first-order valence-corrected chi connectivity index (χ1v) is 19.7. The zero-order chi connectivity index (χ0) is 39.8. The Labute approximate surface area is 326 Å². The Balaban J connectivity index is 1.37. The zero-order valence-corrected chi connectivity index (χ0v) is 33.9. The number of amides is 3. The molecule has 0 unspecified atom stereocenters. The molecule has 2 aromatic carbocycles. The number of hydrogen-bond donors (Lipinski definition) is 2. The van der Waals surface area contributed by atoms with Crippen molar-refractivity contribution in [3.05, 3.63) is 63.8 Å². The van der Waals surface area contributed by atoms with Gasteiger partial charge in [-0.05, 0) is 98.4 Å². The number of nitrogens with zero attached hydrogens (tertiary/aromatic N) is 4. The Bertz CT molecular complexity index is 1980. The van der Waals surface area contributed by atoms with E-state index in [1.807, 2.05) is 31.2 Å². The number of pyridine rings is 1. The third-order valence-corrected chi connectivity index (χ3v) is 10.7. The summed E-state index contributed by atoms with van der Waals surface area (Å²) < 4.78 is 45.7. The van der Waals surface area contributed by atoms with E-state index in [2.05, 4.69) is 20.7 Å². The van der Waals surface area contributed by atoms with Crippen LogP contribution in [0.25, 0.3) is 10.9 Å². The maximum absolute atomic E-state index is 14.0. The van der Waals surface area contributed by atoms with E-state index in [1.54, 1.807) is 47.6 Å². The van der Waals surface area contributed by atoms with Gasteiger partial charge in [0.1, 0.15) is 46.4 Å². The second-order valence-corrected chi connectivity index (χ2v) is 17.4. The van der Waals surface area contributed by atoms with E-state index in [0.717, 1.165) is 17.4 Å². The van der Waals surface area contributed by atoms with Gasteiger partial charge in [0.2, 0.25) is 15.9 Å². The van der Waals surface area contributed by atoms with Crippen molar-refractivity contribution in [1.82, 2.24) is 25.0 Å². The summed E-state index contributed by atoms with van der Waals surface area (Å²) in [6, 6.07) is 11.2. The van der Waals surface area contributed by atoms with Crippen molar-refractivity contribution < 1.29 is 37.0 Å². The number of aliphatic imine (C=N–C) groups is 1. The maximum Gasteiger partial charge on any atom is 0.435 e. The van der Waals surface area contributed by atoms with Gasteiger partial charge in [-0.25, -0.2) is 28.4 Å². The first-order chi connectivity index (χ1) is 25.2. The number of sulfonamides is 1. The van der Waals surface area contributed by atoms with Crippen LogP contribution in [0.2, 0.25) is 10.0 Å². The third kappa shape index (κ3) is 11.9. The second-order valence-electron chi connectivity index (χ2n) is 14.7. The fourth-order valence-electron chi connectivity index (χ4n) is 5.51. The molecule has 1 fully saturated rings. The highest BCUT2D eigenvalue weighted by Gasteiger charge is 2.40. The summed E-state index contributed by atoms with van der Waals surface area (Å²) in [6.07, 6.45) is 1.27. The average molecular weight is 808 g/mol. The van der Waals surface area contributed by atoms with E-state index in [1.165, 1.54) is 21.4 Å². The monoisotopic (exact) mass is 806 g/mol. The van der Waals surface area contributed by atoms with E-state index >= 15 is 0 Å². The number of ether oxygens (including phenoxy) is 3. The van der Waals surface area contributed by atoms with Crippen LogP contribution in [0, 0.1) is 6.92 Å². The number of hydrazine groups is 1. The summed E-state index contributed by atoms with van der Waals surface area (Å²) in [5.74, 6) is 0.0486. The molecule has 0 spiro atoms. The first kappa shape index (κ1) is 42.6. The largest absolute Gasteiger partial charge is 0.487 e. The van der Waals surface area contributed by atoms with Crippen LogP contribution in [0.4, 0.5) is 9.59 Å². The molecule has 1 aliphatic heterocycles.